The number of nitrogens with zero attached hydrogens (tertiary/aromatic N) is 1. The lowest BCUT2D eigenvalue weighted by atomic mass is 9.87. The summed E-state index contributed by atoms with van der Waals surface area (Å²) in [5.41, 5.74) is -0.715. The van der Waals surface area contributed by atoms with Crippen LogP contribution in [0.4, 0.5) is 0 Å². The molecule has 16 heavy (non-hydrogen) atoms. The summed E-state index contributed by atoms with van der Waals surface area (Å²) in [6, 6.07) is 0.305. The van der Waals surface area contributed by atoms with Crippen LogP contribution in [0.15, 0.2) is 0 Å². The number of aliphatic carboxylic acids is 1. The van der Waals surface area contributed by atoms with Crippen LogP contribution in [-0.2, 0) is 9.53 Å². The third kappa shape index (κ3) is 2.55. The molecule has 0 radical (unpaired) electrons. The van der Waals surface area contributed by atoms with Crippen molar-refractivity contribution in [3.8, 4) is 0 Å². The van der Waals surface area contributed by atoms with Gasteiger partial charge in [0.25, 0.3) is 0 Å². The number of carboxylic acid groups (broad SMARTS) is 1. The molecule has 1 rings (SSSR count). The molecule has 0 amide bonds. The minimum atomic E-state index is -0.715. The second-order valence-corrected chi connectivity index (χ2v) is 4.70. The van der Waals surface area contributed by atoms with E-state index in [1.54, 1.807) is 0 Å². The molecule has 4 nitrogen and oxygen atoms in total. The predicted octanol–water partition coefficient (Wildman–Crippen LogP) is 1.74. The molecule has 0 aromatic carbocycles. The third-order valence-corrected chi connectivity index (χ3v) is 3.76. The Balaban J connectivity index is 2.79. The van der Waals surface area contributed by atoms with Gasteiger partial charge in [0.15, 0.2) is 0 Å². The van der Waals surface area contributed by atoms with Crippen LogP contribution in [0.5, 0.6) is 0 Å². The van der Waals surface area contributed by atoms with E-state index < -0.39 is 11.5 Å². The minimum Gasteiger partial charge on any atom is -0.480 e. The number of ether oxygens (including phenoxy) is 1. The molecule has 94 valence electrons. The first-order valence-corrected chi connectivity index (χ1v) is 6.08. The van der Waals surface area contributed by atoms with Gasteiger partial charge in [-0.1, -0.05) is 13.3 Å². The molecule has 1 N–H and O–H groups in total. The van der Waals surface area contributed by atoms with Crippen molar-refractivity contribution in [2.75, 3.05) is 20.3 Å². The van der Waals surface area contributed by atoms with E-state index in [4.69, 9.17) is 4.74 Å². The lowest BCUT2D eigenvalue weighted by molar-refractivity contribution is -0.159. The van der Waals surface area contributed by atoms with Gasteiger partial charge in [0.2, 0.25) is 0 Å². The molecule has 1 atom stereocenters. The summed E-state index contributed by atoms with van der Waals surface area (Å²) in [5.74, 6) is -0.707. The summed E-state index contributed by atoms with van der Waals surface area (Å²) < 4.78 is 5.27. The zero-order chi connectivity index (χ0) is 12.2. The topological polar surface area (TPSA) is 49.8 Å². The van der Waals surface area contributed by atoms with Crippen molar-refractivity contribution in [3.05, 3.63) is 0 Å². The predicted molar refractivity (Wildman–Crippen MR) is 62.6 cm³/mol. The molecule has 4 heteroatoms. The van der Waals surface area contributed by atoms with Crippen molar-refractivity contribution >= 4 is 5.97 Å². The zero-order valence-electron chi connectivity index (χ0n) is 10.5. The van der Waals surface area contributed by atoms with Crippen LogP contribution in [-0.4, -0.2) is 47.8 Å². The van der Waals surface area contributed by atoms with Crippen LogP contribution in [0, 0.1) is 0 Å². The molecular weight excluding hydrogens is 206 g/mol. The highest BCUT2D eigenvalue weighted by atomic mass is 16.5. The maximum atomic E-state index is 11.5. The molecule has 1 saturated heterocycles. The number of likely N-dealkylation sites (N-methyl/N-ethyl adjacent to an activating group) is 1. The molecule has 0 bridgehead atoms. The first kappa shape index (κ1) is 13.5. The zero-order valence-corrected chi connectivity index (χ0v) is 10.5. The van der Waals surface area contributed by atoms with Gasteiger partial charge in [-0.3, -0.25) is 9.69 Å². The van der Waals surface area contributed by atoms with Crippen LogP contribution in [0.3, 0.4) is 0 Å². The fourth-order valence-electron chi connectivity index (χ4n) is 2.46. The number of hydrogen-bond donors (Lipinski definition) is 1. The smallest absolute Gasteiger partial charge is 0.324 e. The molecule has 0 saturated carbocycles. The van der Waals surface area contributed by atoms with Gasteiger partial charge in [-0.15, -0.1) is 0 Å². The Morgan fingerprint density at radius 2 is 2.06 bits per heavy atom. The molecule has 1 aliphatic heterocycles. The van der Waals surface area contributed by atoms with Crippen molar-refractivity contribution in [3.63, 3.8) is 0 Å². The van der Waals surface area contributed by atoms with E-state index in [0.717, 1.165) is 12.8 Å². The van der Waals surface area contributed by atoms with Gasteiger partial charge in [0.1, 0.15) is 5.54 Å². The first-order chi connectivity index (χ1) is 7.54. The maximum Gasteiger partial charge on any atom is 0.324 e. The molecule has 0 aliphatic carbocycles. The third-order valence-electron chi connectivity index (χ3n) is 3.76. The number of carbonyl (C=O) groups is 1. The highest BCUT2D eigenvalue weighted by Gasteiger charge is 2.45. The summed E-state index contributed by atoms with van der Waals surface area (Å²) in [6.45, 7) is 5.33. The molecule has 0 spiro atoms. The molecule has 1 aliphatic rings. The number of hydrogen-bond acceptors (Lipinski definition) is 3. The van der Waals surface area contributed by atoms with Gasteiger partial charge >= 0.3 is 5.97 Å². The molecule has 1 heterocycles. The Morgan fingerprint density at radius 1 is 1.50 bits per heavy atom. The normalized spacial score (nSPS) is 22.0. The maximum absolute atomic E-state index is 11.5. The lowest BCUT2D eigenvalue weighted by Gasteiger charge is -2.43. The Hall–Kier alpha value is -0.610. The van der Waals surface area contributed by atoms with E-state index in [-0.39, 0.29) is 0 Å². The number of rotatable bonds is 5. The van der Waals surface area contributed by atoms with Gasteiger partial charge in [0, 0.05) is 19.3 Å². The Labute approximate surface area is 97.6 Å². The van der Waals surface area contributed by atoms with Gasteiger partial charge in [0.05, 0.1) is 0 Å². The van der Waals surface area contributed by atoms with Gasteiger partial charge < -0.3 is 9.84 Å². The fraction of sp³-hybridized carbons (Fsp3) is 0.917. The van der Waals surface area contributed by atoms with E-state index in [0.29, 0.717) is 32.1 Å². The second-order valence-electron chi connectivity index (χ2n) is 4.70. The average Bonchev–Trinajstić information content (AvgIpc) is 2.29. The lowest BCUT2D eigenvalue weighted by Crippen LogP contribution is -2.58. The Bertz CT molecular complexity index is 236. The van der Waals surface area contributed by atoms with E-state index in [1.807, 2.05) is 11.9 Å². The van der Waals surface area contributed by atoms with Gasteiger partial charge in [-0.25, -0.2) is 0 Å². The van der Waals surface area contributed by atoms with E-state index in [1.165, 1.54) is 0 Å². The Morgan fingerprint density at radius 3 is 2.50 bits per heavy atom. The van der Waals surface area contributed by atoms with Crippen molar-refractivity contribution in [2.45, 2.75) is 51.1 Å². The van der Waals surface area contributed by atoms with Crippen LogP contribution in [0.2, 0.25) is 0 Å². The molecule has 0 aromatic heterocycles. The van der Waals surface area contributed by atoms with Gasteiger partial charge in [-0.2, -0.15) is 0 Å². The molecular formula is C12H23NO3. The average molecular weight is 229 g/mol. The summed E-state index contributed by atoms with van der Waals surface area (Å²) in [7, 11) is 1.93. The summed E-state index contributed by atoms with van der Waals surface area (Å²) in [4.78, 5) is 13.6. The van der Waals surface area contributed by atoms with E-state index >= 15 is 0 Å². The van der Waals surface area contributed by atoms with Crippen molar-refractivity contribution in [1.29, 1.82) is 0 Å². The van der Waals surface area contributed by atoms with Crippen LogP contribution in [0.25, 0.3) is 0 Å². The van der Waals surface area contributed by atoms with Crippen molar-refractivity contribution in [1.82, 2.24) is 4.90 Å². The van der Waals surface area contributed by atoms with E-state index in [9.17, 15) is 9.90 Å². The second kappa shape index (κ2) is 5.64. The number of carboxylic acids is 1. The van der Waals surface area contributed by atoms with Crippen molar-refractivity contribution < 1.29 is 14.6 Å². The van der Waals surface area contributed by atoms with Crippen LogP contribution >= 0.6 is 0 Å². The summed E-state index contributed by atoms with van der Waals surface area (Å²) >= 11 is 0. The SMILES string of the molecule is CCCC(C)N(C)C1(C(=O)O)CCOCC1. The van der Waals surface area contributed by atoms with E-state index in [2.05, 4.69) is 13.8 Å². The minimum absolute atomic E-state index is 0.305. The Kier molecular flexibility index (Phi) is 4.74. The molecule has 1 unspecified atom stereocenters. The quantitative estimate of drug-likeness (QED) is 0.780. The van der Waals surface area contributed by atoms with Crippen LogP contribution in [0.1, 0.15) is 39.5 Å². The summed E-state index contributed by atoms with van der Waals surface area (Å²) in [5, 5.41) is 9.48. The molecule has 1 fully saturated rings. The largest absolute Gasteiger partial charge is 0.480 e. The van der Waals surface area contributed by atoms with Gasteiger partial charge in [-0.05, 0) is 33.2 Å². The van der Waals surface area contributed by atoms with Crippen LogP contribution < -0.4 is 0 Å². The molecule has 0 aromatic rings. The highest BCUT2D eigenvalue weighted by Crippen LogP contribution is 2.29. The summed E-state index contributed by atoms with van der Waals surface area (Å²) in [6.07, 6.45) is 3.30. The standard InChI is InChI=1S/C12H23NO3/c1-4-5-10(2)13(3)12(11(14)15)6-8-16-9-7-12/h10H,4-9H2,1-3H3,(H,14,15). The monoisotopic (exact) mass is 229 g/mol. The van der Waals surface area contributed by atoms with Crippen molar-refractivity contribution in [2.24, 2.45) is 0 Å². The fourth-order valence-corrected chi connectivity index (χ4v) is 2.46. The highest BCUT2D eigenvalue weighted by molar-refractivity contribution is 5.79. The first-order valence-electron chi connectivity index (χ1n) is 6.08.